The molecule has 0 radical (unpaired) electrons. The van der Waals surface area contributed by atoms with Gasteiger partial charge in [-0.1, -0.05) is 11.6 Å². The Morgan fingerprint density at radius 2 is 2.33 bits per heavy atom. The Morgan fingerprint density at radius 1 is 1.56 bits per heavy atom. The number of benzene rings is 1. The number of carbonyl (C=O) groups is 1. The van der Waals surface area contributed by atoms with Crippen LogP contribution in [0.4, 0.5) is 5.69 Å². The molecule has 3 N–H and O–H groups in total. The number of amides is 1. The van der Waals surface area contributed by atoms with Crippen LogP contribution in [0.25, 0.3) is 0 Å². The first-order valence-corrected chi connectivity index (χ1v) is 6.50. The maximum Gasteiger partial charge on any atom is 0.253 e. The van der Waals surface area contributed by atoms with Crippen LogP contribution in [0.2, 0.25) is 5.02 Å². The predicted molar refractivity (Wildman–Crippen MR) is 73.9 cm³/mol. The zero-order chi connectivity index (χ0) is 13.1. The molecule has 0 saturated heterocycles. The third-order valence-electron chi connectivity index (χ3n) is 2.33. The van der Waals surface area contributed by atoms with Gasteiger partial charge in [0.15, 0.2) is 0 Å². The first-order valence-electron chi connectivity index (χ1n) is 5.31. The first kappa shape index (κ1) is 12.9. The number of thiazole rings is 1. The number of halogens is 1. The third kappa shape index (κ3) is 3.00. The van der Waals surface area contributed by atoms with Crippen LogP contribution in [0.3, 0.4) is 0 Å². The van der Waals surface area contributed by atoms with Gasteiger partial charge in [-0.15, -0.1) is 11.3 Å². The molecule has 1 amide bonds. The van der Waals surface area contributed by atoms with Crippen LogP contribution < -0.4 is 11.1 Å². The lowest BCUT2D eigenvalue weighted by Gasteiger charge is -2.06. The average Bonchev–Trinajstić information content (AvgIpc) is 2.72. The van der Waals surface area contributed by atoms with E-state index in [0.717, 1.165) is 9.88 Å². The van der Waals surface area contributed by atoms with Crippen LogP contribution in [0.5, 0.6) is 0 Å². The number of hydrogen-bond donors (Lipinski definition) is 2. The number of nitrogen functional groups attached to an aromatic ring is 1. The molecule has 1 heterocycles. The van der Waals surface area contributed by atoms with Crippen molar-refractivity contribution in [2.45, 2.75) is 13.5 Å². The highest BCUT2D eigenvalue weighted by Crippen LogP contribution is 2.18. The smallest absolute Gasteiger partial charge is 0.253 e. The summed E-state index contributed by atoms with van der Waals surface area (Å²) in [5.41, 5.74) is 6.53. The molecule has 0 aliphatic carbocycles. The number of carbonyl (C=O) groups excluding carboxylic acids is 1. The molecule has 94 valence electrons. The lowest BCUT2D eigenvalue weighted by Crippen LogP contribution is -2.23. The van der Waals surface area contributed by atoms with Gasteiger partial charge >= 0.3 is 0 Å². The van der Waals surface area contributed by atoms with Crippen molar-refractivity contribution < 1.29 is 4.79 Å². The Balaban J connectivity index is 2.03. The second kappa shape index (κ2) is 5.37. The van der Waals surface area contributed by atoms with Crippen molar-refractivity contribution in [2.75, 3.05) is 5.73 Å². The molecule has 4 nitrogen and oxygen atoms in total. The van der Waals surface area contributed by atoms with Crippen molar-refractivity contribution in [3.05, 3.63) is 44.9 Å². The van der Waals surface area contributed by atoms with Crippen molar-refractivity contribution in [2.24, 2.45) is 0 Å². The van der Waals surface area contributed by atoms with Crippen LogP contribution >= 0.6 is 22.9 Å². The number of aryl methyl sites for hydroxylation is 1. The Labute approximate surface area is 114 Å². The summed E-state index contributed by atoms with van der Waals surface area (Å²) in [7, 11) is 0. The van der Waals surface area contributed by atoms with E-state index in [1.54, 1.807) is 35.7 Å². The summed E-state index contributed by atoms with van der Waals surface area (Å²) in [4.78, 5) is 17.2. The molecule has 2 aromatic rings. The highest BCUT2D eigenvalue weighted by molar-refractivity contribution is 7.11. The highest BCUT2D eigenvalue weighted by Gasteiger charge is 2.10. The maximum atomic E-state index is 11.9. The summed E-state index contributed by atoms with van der Waals surface area (Å²) in [6, 6.07) is 4.81. The molecule has 1 aromatic carbocycles. The Bertz CT molecular complexity index is 582. The van der Waals surface area contributed by atoms with E-state index in [-0.39, 0.29) is 5.91 Å². The van der Waals surface area contributed by atoms with Crippen molar-refractivity contribution in [1.82, 2.24) is 10.3 Å². The van der Waals surface area contributed by atoms with E-state index in [1.807, 2.05) is 6.92 Å². The zero-order valence-electron chi connectivity index (χ0n) is 9.74. The second-order valence-electron chi connectivity index (χ2n) is 3.78. The van der Waals surface area contributed by atoms with Crippen molar-refractivity contribution >= 4 is 34.5 Å². The number of rotatable bonds is 3. The molecule has 0 spiro atoms. The normalized spacial score (nSPS) is 10.3. The van der Waals surface area contributed by atoms with E-state index in [0.29, 0.717) is 22.8 Å². The summed E-state index contributed by atoms with van der Waals surface area (Å²) < 4.78 is 0. The molecule has 18 heavy (non-hydrogen) atoms. The molecule has 0 bridgehead atoms. The fourth-order valence-corrected chi connectivity index (χ4v) is 2.38. The summed E-state index contributed by atoms with van der Waals surface area (Å²) in [5, 5.41) is 4.16. The summed E-state index contributed by atoms with van der Waals surface area (Å²) in [6.07, 6.45) is 1.78. The number of nitrogens with zero attached hydrogens (tertiary/aromatic N) is 1. The quantitative estimate of drug-likeness (QED) is 0.850. The summed E-state index contributed by atoms with van der Waals surface area (Å²) in [6.45, 7) is 2.37. The average molecular weight is 282 g/mol. The van der Waals surface area contributed by atoms with E-state index in [4.69, 9.17) is 17.3 Å². The first-order chi connectivity index (χ1) is 8.56. The second-order valence-corrected chi connectivity index (χ2v) is 5.53. The highest BCUT2D eigenvalue weighted by atomic mass is 35.5. The number of aromatic nitrogens is 1. The topological polar surface area (TPSA) is 68.0 Å². The van der Waals surface area contributed by atoms with E-state index in [9.17, 15) is 4.79 Å². The summed E-state index contributed by atoms with van der Waals surface area (Å²) >= 11 is 7.33. The lowest BCUT2D eigenvalue weighted by molar-refractivity contribution is 0.0952. The minimum Gasteiger partial charge on any atom is -0.398 e. The Morgan fingerprint density at radius 3 is 2.94 bits per heavy atom. The van der Waals surface area contributed by atoms with Gasteiger partial charge in [-0.2, -0.15) is 0 Å². The monoisotopic (exact) mass is 281 g/mol. The summed E-state index contributed by atoms with van der Waals surface area (Å²) in [5.74, 6) is -0.225. The van der Waals surface area contributed by atoms with Crippen LogP contribution in [0.1, 0.15) is 20.2 Å². The van der Waals surface area contributed by atoms with E-state index in [1.165, 1.54) is 0 Å². The number of hydrogen-bond acceptors (Lipinski definition) is 4. The molecule has 0 atom stereocenters. The predicted octanol–water partition coefficient (Wildman–Crippen LogP) is 2.62. The van der Waals surface area contributed by atoms with Gasteiger partial charge in [-0.3, -0.25) is 4.79 Å². The standard InChI is InChI=1S/C12H12ClN3OS/c1-7-5-15-11(18-7)6-16-12(17)9-3-2-8(13)4-10(9)14/h2-5H,6,14H2,1H3,(H,16,17). The van der Waals surface area contributed by atoms with Gasteiger partial charge in [0.2, 0.25) is 0 Å². The SMILES string of the molecule is Cc1cnc(CNC(=O)c2ccc(Cl)cc2N)s1. The van der Waals surface area contributed by atoms with Crippen molar-refractivity contribution in [1.29, 1.82) is 0 Å². The fourth-order valence-electron chi connectivity index (χ4n) is 1.47. The van der Waals surface area contributed by atoms with Crippen LogP contribution in [0, 0.1) is 6.92 Å². The molecular formula is C12H12ClN3OS. The van der Waals surface area contributed by atoms with Gasteiger partial charge in [-0.05, 0) is 25.1 Å². The van der Waals surface area contributed by atoms with Crippen LogP contribution in [-0.4, -0.2) is 10.9 Å². The van der Waals surface area contributed by atoms with Crippen molar-refractivity contribution in [3.8, 4) is 0 Å². The molecule has 1 aromatic heterocycles. The Hall–Kier alpha value is -1.59. The van der Waals surface area contributed by atoms with Gasteiger partial charge in [0, 0.05) is 21.8 Å². The minimum atomic E-state index is -0.225. The fraction of sp³-hybridized carbons (Fsp3) is 0.167. The van der Waals surface area contributed by atoms with Gasteiger partial charge in [-0.25, -0.2) is 4.98 Å². The molecule has 0 fully saturated rings. The molecule has 0 aliphatic heterocycles. The van der Waals surface area contributed by atoms with Crippen LogP contribution in [0.15, 0.2) is 24.4 Å². The molecular weight excluding hydrogens is 270 g/mol. The molecule has 0 unspecified atom stereocenters. The van der Waals surface area contributed by atoms with Gasteiger partial charge < -0.3 is 11.1 Å². The van der Waals surface area contributed by atoms with Gasteiger partial charge in [0.05, 0.1) is 12.1 Å². The Kier molecular flexibility index (Phi) is 3.84. The van der Waals surface area contributed by atoms with Crippen molar-refractivity contribution in [3.63, 3.8) is 0 Å². The van der Waals surface area contributed by atoms with E-state index in [2.05, 4.69) is 10.3 Å². The molecule has 0 saturated carbocycles. The molecule has 6 heteroatoms. The van der Waals surface area contributed by atoms with Gasteiger partial charge in [0.25, 0.3) is 5.91 Å². The molecule has 2 rings (SSSR count). The number of nitrogens with two attached hydrogens (primary N) is 1. The zero-order valence-corrected chi connectivity index (χ0v) is 11.3. The van der Waals surface area contributed by atoms with Gasteiger partial charge in [0.1, 0.15) is 5.01 Å². The third-order valence-corrected chi connectivity index (χ3v) is 3.48. The number of nitrogens with one attached hydrogen (secondary N) is 1. The van der Waals surface area contributed by atoms with E-state index < -0.39 is 0 Å². The van der Waals surface area contributed by atoms with E-state index >= 15 is 0 Å². The molecule has 0 aliphatic rings. The lowest BCUT2D eigenvalue weighted by atomic mass is 10.1. The maximum absolute atomic E-state index is 11.9. The largest absolute Gasteiger partial charge is 0.398 e. The minimum absolute atomic E-state index is 0.225. The number of anilines is 1. The van der Waals surface area contributed by atoms with Crippen LogP contribution in [-0.2, 0) is 6.54 Å².